The Balaban J connectivity index is 1.93. The van der Waals surface area contributed by atoms with E-state index in [0.717, 1.165) is 11.1 Å². The lowest BCUT2D eigenvalue weighted by atomic mass is 10.0. The number of carbonyl (C=O) groups is 6. The van der Waals surface area contributed by atoms with E-state index in [1.807, 2.05) is 36.4 Å². The highest BCUT2D eigenvalue weighted by Gasteiger charge is 2.29. The van der Waals surface area contributed by atoms with Gasteiger partial charge in [0.15, 0.2) is 5.78 Å². The summed E-state index contributed by atoms with van der Waals surface area (Å²) in [4.78, 5) is 76.2. The first-order chi connectivity index (χ1) is 23.5. The Labute approximate surface area is 294 Å². The smallest absolute Gasteiger partial charge is 0.408 e. The first kappa shape index (κ1) is 41.2. The van der Waals surface area contributed by atoms with E-state index in [4.69, 9.17) is 18.9 Å². The van der Waals surface area contributed by atoms with Crippen molar-refractivity contribution in [2.24, 2.45) is 0 Å². The molecule has 0 radical (unpaired) electrons. The van der Waals surface area contributed by atoms with E-state index >= 15 is 0 Å². The van der Waals surface area contributed by atoms with Gasteiger partial charge in [0.1, 0.15) is 36.5 Å². The molecule has 0 aliphatic carbocycles. The third kappa shape index (κ3) is 18.6. The van der Waals surface area contributed by atoms with Crippen LogP contribution in [0.2, 0.25) is 0 Å². The molecule has 3 N–H and O–H groups in total. The van der Waals surface area contributed by atoms with Gasteiger partial charge in [-0.05, 0) is 71.9 Å². The lowest BCUT2D eigenvalue weighted by molar-refractivity contribution is -0.159. The van der Waals surface area contributed by atoms with E-state index in [1.54, 1.807) is 65.8 Å². The Bertz CT molecular complexity index is 1400. The van der Waals surface area contributed by atoms with Crippen molar-refractivity contribution in [1.82, 2.24) is 16.0 Å². The highest BCUT2D eigenvalue weighted by atomic mass is 16.6. The maximum Gasteiger partial charge on any atom is 0.408 e. The molecule has 0 saturated heterocycles. The number of benzene rings is 2. The van der Waals surface area contributed by atoms with Crippen LogP contribution < -0.4 is 16.0 Å². The van der Waals surface area contributed by atoms with Gasteiger partial charge < -0.3 is 34.9 Å². The second kappa shape index (κ2) is 20.5. The highest BCUT2D eigenvalue weighted by molar-refractivity contribution is 5.94. The topological polar surface area (TPSA) is 175 Å². The molecule has 13 heteroatoms. The minimum absolute atomic E-state index is 0.0180. The normalized spacial score (nSPS) is 12.4. The Kier molecular flexibility index (Phi) is 16.9. The number of unbranched alkanes of at least 4 members (excludes halogenated alkanes) is 1. The van der Waals surface area contributed by atoms with Gasteiger partial charge in [-0.3, -0.25) is 14.4 Å². The Morgan fingerprint density at radius 2 is 1.20 bits per heavy atom. The molecule has 2 atom stereocenters. The highest BCUT2D eigenvalue weighted by Crippen LogP contribution is 2.13. The number of esters is 2. The van der Waals surface area contributed by atoms with Crippen LogP contribution in [-0.2, 0) is 51.3 Å². The van der Waals surface area contributed by atoms with Gasteiger partial charge in [-0.15, -0.1) is 0 Å². The fourth-order valence-electron chi connectivity index (χ4n) is 4.40. The number of ether oxygens (including phenoxy) is 4. The summed E-state index contributed by atoms with van der Waals surface area (Å²) >= 11 is 0. The number of rotatable bonds is 18. The van der Waals surface area contributed by atoms with Crippen molar-refractivity contribution < 1.29 is 47.7 Å². The van der Waals surface area contributed by atoms with E-state index in [-0.39, 0.29) is 39.0 Å². The summed E-state index contributed by atoms with van der Waals surface area (Å²) in [7, 11) is 0. The Morgan fingerprint density at radius 3 is 1.76 bits per heavy atom. The van der Waals surface area contributed by atoms with Crippen molar-refractivity contribution in [2.45, 2.75) is 117 Å². The minimum atomic E-state index is -1.31. The molecule has 0 unspecified atom stereocenters. The van der Waals surface area contributed by atoms with Crippen molar-refractivity contribution >= 4 is 35.8 Å². The van der Waals surface area contributed by atoms with Gasteiger partial charge in [-0.1, -0.05) is 60.7 Å². The summed E-state index contributed by atoms with van der Waals surface area (Å²) in [5.41, 5.74) is -0.0614. The van der Waals surface area contributed by atoms with Gasteiger partial charge in [-0.2, -0.15) is 0 Å². The molecule has 2 rings (SSSR count). The van der Waals surface area contributed by atoms with Gasteiger partial charge in [0.2, 0.25) is 5.91 Å². The predicted molar refractivity (Wildman–Crippen MR) is 185 cm³/mol. The molecule has 0 aromatic heterocycles. The van der Waals surface area contributed by atoms with Crippen molar-refractivity contribution in [2.75, 3.05) is 6.54 Å². The number of hydrogen-bond donors (Lipinski definition) is 3. The van der Waals surface area contributed by atoms with Crippen LogP contribution in [0.25, 0.3) is 0 Å². The van der Waals surface area contributed by atoms with Crippen LogP contribution in [0.15, 0.2) is 60.7 Å². The molecule has 13 nitrogen and oxygen atoms in total. The van der Waals surface area contributed by atoms with Crippen molar-refractivity contribution in [1.29, 1.82) is 0 Å². The van der Waals surface area contributed by atoms with E-state index < -0.39 is 65.5 Å². The van der Waals surface area contributed by atoms with E-state index in [1.165, 1.54) is 0 Å². The number of amides is 3. The fourth-order valence-corrected chi connectivity index (χ4v) is 4.40. The summed E-state index contributed by atoms with van der Waals surface area (Å²) < 4.78 is 21.2. The number of hydrogen-bond acceptors (Lipinski definition) is 10. The number of alkyl carbamates (subject to hydrolysis) is 2. The van der Waals surface area contributed by atoms with Crippen LogP contribution in [0.3, 0.4) is 0 Å². The standard InChI is InChI=1S/C37H51N3O10/c1-36(2,3)49-33(44)28(19-13-14-22-38-34(45)48-25-27-17-11-8-12-18-27)39-31(42)21-20-30(41)29(40-35(46)50-37(4,5)6)23-32(43)47-24-26-15-9-7-10-16-26/h7-12,15-18,28-29H,13-14,19-25H2,1-6H3,(H,38,45)(H,39,42)(H,40,46)/t28-,29-/m0/s1. The molecule has 50 heavy (non-hydrogen) atoms. The molecule has 2 aromatic rings. The monoisotopic (exact) mass is 697 g/mol. The second-order valence-corrected chi connectivity index (χ2v) is 13.7. The number of nitrogens with one attached hydrogen (secondary N) is 3. The first-order valence-corrected chi connectivity index (χ1v) is 16.7. The Morgan fingerprint density at radius 1 is 0.640 bits per heavy atom. The van der Waals surface area contributed by atoms with Crippen LogP contribution in [0, 0.1) is 0 Å². The van der Waals surface area contributed by atoms with Gasteiger partial charge in [0.05, 0.1) is 6.42 Å². The summed E-state index contributed by atoms with van der Waals surface area (Å²) in [5.74, 6) is -2.56. The number of carbonyl (C=O) groups excluding carboxylic acids is 6. The zero-order valence-corrected chi connectivity index (χ0v) is 29.9. The minimum Gasteiger partial charge on any atom is -0.461 e. The quantitative estimate of drug-likeness (QED) is 0.106. The zero-order chi connectivity index (χ0) is 37.2. The average molecular weight is 698 g/mol. The van der Waals surface area contributed by atoms with Crippen molar-refractivity contribution in [3.05, 3.63) is 71.8 Å². The summed E-state index contributed by atoms with van der Waals surface area (Å²) in [5, 5.41) is 7.72. The maximum absolute atomic E-state index is 13.2. The summed E-state index contributed by atoms with van der Waals surface area (Å²) in [6, 6.07) is 15.9. The molecular formula is C37H51N3O10. The lowest BCUT2D eigenvalue weighted by Crippen LogP contribution is -2.46. The van der Waals surface area contributed by atoms with Gasteiger partial charge in [0.25, 0.3) is 0 Å². The SMILES string of the molecule is CC(C)(C)OC(=O)N[C@@H](CC(=O)OCc1ccccc1)C(=O)CCC(=O)N[C@@H](CCCCNC(=O)OCc1ccccc1)C(=O)OC(C)(C)C. The van der Waals surface area contributed by atoms with Crippen molar-refractivity contribution in [3.8, 4) is 0 Å². The van der Waals surface area contributed by atoms with Crippen LogP contribution >= 0.6 is 0 Å². The molecule has 0 bridgehead atoms. The van der Waals surface area contributed by atoms with Gasteiger partial charge in [-0.25, -0.2) is 14.4 Å². The van der Waals surface area contributed by atoms with Crippen molar-refractivity contribution in [3.63, 3.8) is 0 Å². The molecule has 2 aromatic carbocycles. The molecule has 0 heterocycles. The second-order valence-electron chi connectivity index (χ2n) is 13.7. The molecule has 0 saturated carbocycles. The molecule has 0 spiro atoms. The van der Waals surface area contributed by atoms with E-state index in [2.05, 4.69) is 16.0 Å². The maximum atomic E-state index is 13.2. The zero-order valence-electron chi connectivity index (χ0n) is 29.9. The van der Waals surface area contributed by atoms with Crippen LogP contribution in [0.4, 0.5) is 9.59 Å². The number of ketones is 1. The van der Waals surface area contributed by atoms with Crippen LogP contribution in [0.5, 0.6) is 0 Å². The molecule has 3 amide bonds. The number of Topliss-reactive ketones (excluding diaryl/α,β-unsaturated/α-hetero) is 1. The first-order valence-electron chi connectivity index (χ1n) is 16.7. The van der Waals surface area contributed by atoms with Crippen LogP contribution in [0.1, 0.15) is 91.2 Å². The third-order valence-electron chi connectivity index (χ3n) is 6.72. The predicted octanol–water partition coefficient (Wildman–Crippen LogP) is 5.29. The lowest BCUT2D eigenvalue weighted by Gasteiger charge is -2.25. The molecule has 274 valence electrons. The van der Waals surface area contributed by atoms with Crippen LogP contribution in [-0.4, -0.2) is 65.6 Å². The molecular weight excluding hydrogens is 646 g/mol. The van der Waals surface area contributed by atoms with E-state index in [9.17, 15) is 28.8 Å². The summed E-state index contributed by atoms with van der Waals surface area (Å²) in [6.07, 6.45) is -1.44. The van der Waals surface area contributed by atoms with Gasteiger partial charge >= 0.3 is 24.1 Å². The molecule has 0 fully saturated rings. The molecule has 0 aliphatic heterocycles. The van der Waals surface area contributed by atoms with Gasteiger partial charge in [0, 0.05) is 19.4 Å². The largest absolute Gasteiger partial charge is 0.461 e. The average Bonchev–Trinajstić information content (AvgIpc) is 3.03. The van der Waals surface area contributed by atoms with E-state index in [0.29, 0.717) is 12.8 Å². The summed E-state index contributed by atoms with van der Waals surface area (Å²) in [6.45, 7) is 10.5. The Hall–Kier alpha value is -4.94. The molecule has 0 aliphatic rings. The third-order valence-corrected chi connectivity index (χ3v) is 6.72. The fraction of sp³-hybridized carbons (Fsp3) is 0.514.